The molecule has 0 saturated carbocycles. The Hall–Kier alpha value is -2.99. The van der Waals surface area contributed by atoms with Gasteiger partial charge >= 0.3 is 11.9 Å². The van der Waals surface area contributed by atoms with Gasteiger partial charge in [-0.15, -0.1) is 0 Å². The molecule has 0 amide bonds. The minimum atomic E-state index is -1.26. The Kier molecular flexibility index (Phi) is 9.35. The normalized spacial score (nSPS) is 11.7. The van der Waals surface area contributed by atoms with Crippen molar-refractivity contribution >= 4 is 11.9 Å². The first-order chi connectivity index (χ1) is 12.4. The van der Waals surface area contributed by atoms with Gasteiger partial charge in [-0.05, 0) is 44.8 Å². The highest BCUT2D eigenvalue weighted by atomic mass is 16.4. The molecule has 1 aromatic heterocycles. The molecule has 0 aliphatic rings. The first kappa shape index (κ1) is 21.1. The summed E-state index contributed by atoms with van der Waals surface area (Å²) in [6.07, 6.45) is 4.08. The highest BCUT2D eigenvalue weighted by molar-refractivity contribution is 5.89. The topological polar surface area (TPSA) is 90.7 Å². The highest BCUT2D eigenvalue weighted by Gasteiger charge is 2.14. The van der Waals surface area contributed by atoms with E-state index >= 15 is 0 Å². The van der Waals surface area contributed by atoms with Gasteiger partial charge in [0, 0.05) is 30.0 Å². The fraction of sp³-hybridized carbons (Fsp3) is 0.250. The first-order valence-electron chi connectivity index (χ1n) is 8.14. The van der Waals surface area contributed by atoms with Gasteiger partial charge in [0.25, 0.3) is 0 Å². The zero-order chi connectivity index (χ0) is 19.4. The molecule has 2 aromatic rings. The van der Waals surface area contributed by atoms with Gasteiger partial charge in [0.05, 0.1) is 0 Å². The second-order valence-electron chi connectivity index (χ2n) is 5.82. The van der Waals surface area contributed by atoms with Crippen LogP contribution < -0.4 is 0 Å². The van der Waals surface area contributed by atoms with Crippen LogP contribution in [0.2, 0.25) is 0 Å². The van der Waals surface area contributed by atoms with Crippen molar-refractivity contribution in [2.24, 2.45) is 0 Å². The molecule has 1 aromatic carbocycles. The lowest BCUT2D eigenvalue weighted by Gasteiger charge is -2.19. The summed E-state index contributed by atoms with van der Waals surface area (Å²) in [6.45, 7) is 1.07. The summed E-state index contributed by atoms with van der Waals surface area (Å²) in [5, 5.41) is 15.6. The van der Waals surface area contributed by atoms with Gasteiger partial charge < -0.3 is 15.1 Å². The van der Waals surface area contributed by atoms with E-state index in [0.717, 1.165) is 18.7 Å². The molecule has 2 rings (SSSR count). The predicted octanol–water partition coefficient (Wildman–Crippen LogP) is 2.88. The van der Waals surface area contributed by atoms with Crippen molar-refractivity contribution in [3.05, 3.63) is 78.1 Å². The monoisotopic (exact) mass is 362 g/mol. The van der Waals surface area contributed by atoms with Crippen molar-refractivity contribution in [3.8, 4) is 0 Å². The van der Waals surface area contributed by atoms with Crippen LogP contribution in [0.1, 0.15) is 23.6 Å². The largest absolute Gasteiger partial charge is 0.478 e. The Bertz CT molecular complexity index is 645. The van der Waals surface area contributed by atoms with Crippen LogP contribution >= 0.6 is 0 Å². The zero-order valence-electron chi connectivity index (χ0n) is 14.9. The van der Waals surface area contributed by atoms with Crippen LogP contribution in [0.5, 0.6) is 0 Å². The molecule has 26 heavy (non-hydrogen) atoms. The standard InChI is InChI=1S/C16H20N2.C4H4O4/c1-18(2)13-11-15(14-8-4-3-5-9-14)16-10-6-7-12-17-16;5-3(6)1-2-4(7)8/h3-10,12,15H,11,13H2,1-2H3;1-2H,(H,5,6)(H,7,8)/b;2-1+/i3+1,4+1,5+1,8+1,9+1,14+1;. The third-order valence-corrected chi connectivity index (χ3v) is 3.48. The molecular formula is C20H24N2O4. The van der Waals surface area contributed by atoms with Crippen LogP contribution in [0.4, 0.5) is 0 Å². The maximum Gasteiger partial charge on any atom is 0.328 e. The van der Waals surface area contributed by atoms with E-state index in [1.807, 2.05) is 12.3 Å². The summed E-state index contributed by atoms with van der Waals surface area (Å²) in [4.78, 5) is 25.8. The molecule has 0 fully saturated rings. The lowest BCUT2D eigenvalue weighted by Crippen LogP contribution is -2.17. The number of carboxylic acid groups (broad SMARTS) is 2. The Morgan fingerprint density at radius 2 is 1.58 bits per heavy atom. The van der Waals surface area contributed by atoms with Crippen molar-refractivity contribution in [3.63, 3.8) is 0 Å². The number of rotatable bonds is 7. The quantitative estimate of drug-likeness (QED) is 0.736. The van der Waals surface area contributed by atoms with Crippen LogP contribution in [-0.4, -0.2) is 52.7 Å². The first-order valence-corrected chi connectivity index (χ1v) is 8.14. The molecular weight excluding hydrogens is 338 g/mol. The smallest absolute Gasteiger partial charge is 0.328 e. The van der Waals surface area contributed by atoms with Crippen LogP contribution in [0.15, 0.2) is 66.9 Å². The molecule has 0 saturated heterocycles. The summed E-state index contributed by atoms with van der Waals surface area (Å²) in [5.74, 6) is -2.13. The molecule has 0 bridgehead atoms. The molecule has 0 spiro atoms. The Labute approximate surface area is 153 Å². The second-order valence-corrected chi connectivity index (χ2v) is 5.82. The van der Waals surface area contributed by atoms with Crippen molar-refractivity contribution in [1.29, 1.82) is 0 Å². The van der Waals surface area contributed by atoms with Crippen molar-refractivity contribution in [2.75, 3.05) is 20.6 Å². The molecule has 0 aliphatic carbocycles. The summed E-state index contributed by atoms with van der Waals surface area (Å²) < 4.78 is 0. The molecule has 6 nitrogen and oxygen atoms in total. The van der Waals surface area contributed by atoms with Gasteiger partial charge in [-0.2, -0.15) is 0 Å². The minimum absolute atomic E-state index is 0.384. The highest BCUT2D eigenvalue weighted by Crippen LogP contribution is 2.26. The van der Waals surface area contributed by atoms with Crippen LogP contribution in [0, 0.1) is 0 Å². The van der Waals surface area contributed by atoms with E-state index in [-0.39, 0.29) is 0 Å². The lowest BCUT2D eigenvalue weighted by molar-refractivity contribution is -0.134. The van der Waals surface area contributed by atoms with Gasteiger partial charge in [-0.25, -0.2) is 9.59 Å². The third kappa shape index (κ3) is 8.75. The van der Waals surface area contributed by atoms with Gasteiger partial charge in [0.1, 0.15) is 0 Å². The number of hydrogen-bond acceptors (Lipinski definition) is 4. The van der Waals surface area contributed by atoms with Crippen molar-refractivity contribution < 1.29 is 19.8 Å². The van der Waals surface area contributed by atoms with E-state index < -0.39 is 11.9 Å². The van der Waals surface area contributed by atoms with E-state index in [4.69, 9.17) is 10.2 Å². The number of carbonyl (C=O) groups is 2. The van der Waals surface area contributed by atoms with Crippen LogP contribution in [0.3, 0.4) is 0 Å². The molecule has 2 N–H and O–H groups in total. The average molecular weight is 362 g/mol. The maximum atomic E-state index is 9.55. The van der Waals surface area contributed by atoms with E-state index in [2.05, 4.69) is 66.4 Å². The molecule has 6 heteroatoms. The average Bonchev–Trinajstić information content (AvgIpc) is 2.62. The second kappa shape index (κ2) is 11.5. The zero-order valence-corrected chi connectivity index (χ0v) is 14.9. The SMILES string of the molecule is CN(C)CCC(c1ccccn1)[13c]1[13cH][13cH][13cH][13cH][13cH]1.O=C(O)/C=C/C(=O)O. The number of pyridine rings is 1. The summed E-state index contributed by atoms with van der Waals surface area (Å²) in [6, 6.07) is 16.8. The van der Waals surface area contributed by atoms with E-state index in [1.165, 1.54) is 5.56 Å². The maximum absolute atomic E-state index is 9.55. The summed E-state index contributed by atoms with van der Waals surface area (Å²) in [5.41, 5.74) is 2.50. The Balaban J connectivity index is 0.000000359. The molecule has 138 valence electrons. The van der Waals surface area contributed by atoms with E-state index in [0.29, 0.717) is 18.1 Å². The number of carboxylic acids is 2. The Morgan fingerprint density at radius 3 is 2.04 bits per heavy atom. The molecule has 0 aliphatic heterocycles. The van der Waals surface area contributed by atoms with Gasteiger partial charge in [-0.3, -0.25) is 4.98 Å². The minimum Gasteiger partial charge on any atom is -0.478 e. The van der Waals surface area contributed by atoms with Crippen molar-refractivity contribution in [2.45, 2.75) is 12.3 Å². The molecule has 1 atom stereocenters. The Morgan fingerprint density at radius 1 is 1.00 bits per heavy atom. The summed E-state index contributed by atoms with van der Waals surface area (Å²) in [7, 11) is 4.22. The number of hydrogen-bond donors (Lipinski definition) is 2. The number of aromatic nitrogens is 1. The number of benzene rings is 1. The molecule has 0 radical (unpaired) electrons. The third-order valence-electron chi connectivity index (χ3n) is 3.48. The van der Waals surface area contributed by atoms with Gasteiger partial charge in [-0.1, -0.05) is 36.4 Å². The van der Waals surface area contributed by atoms with E-state index in [1.54, 1.807) is 0 Å². The number of nitrogens with zero attached hydrogens (tertiary/aromatic N) is 2. The van der Waals surface area contributed by atoms with Gasteiger partial charge in [0.15, 0.2) is 0 Å². The molecule has 1 heterocycles. The van der Waals surface area contributed by atoms with E-state index in [9.17, 15) is 9.59 Å². The fourth-order valence-corrected chi connectivity index (χ4v) is 2.28. The lowest BCUT2D eigenvalue weighted by atomic mass is 10.1. The van der Waals surface area contributed by atoms with Crippen molar-refractivity contribution in [1.82, 2.24) is 9.88 Å². The molecule has 1 unspecified atom stereocenters. The van der Waals surface area contributed by atoms with Crippen LogP contribution in [-0.2, 0) is 9.59 Å². The fourth-order valence-electron chi connectivity index (χ4n) is 2.28. The summed E-state index contributed by atoms with van der Waals surface area (Å²) >= 11 is 0. The predicted molar refractivity (Wildman–Crippen MR) is 100 cm³/mol. The van der Waals surface area contributed by atoms with Gasteiger partial charge in [0.2, 0.25) is 0 Å². The number of aliphatic carboxylic acids is 2. The van der Waals surface area contributed by atoms with Crippen LogP contribution in [0.25, 0.3) is 0 Å².